The molecule has 0 aromatic heterocycles. The normalized spacial score (nSPS) is 24.5. The number of hydrogen-bond donors (Lipinski definition) is 2. The van der Waals surface area contributed by atoms with E-state index in [1.807, 2.05) is 39.8 Å². The zero-order valence-corrected chi connectivity index (χ0v) is 30.5. The first-order valence-corrected chi connectivity index (χ1v) is 18.5. The van der Waals surface area contributed by atoms with Gasteiger partial charge in [0.05, 0.1) is 18.3 Å². The van der Waals surface area contributed by atoms with Gasteiger partial charge in [-0.1, -0.05) is 89.2 Å². The quantitative estimate of drug-likeness (QED) is 0.246. The lowest BCUT2D eigenvalue weighted by molar-refractivity contribution is -0.145. The molecule has 268 valence electrons. The largest absolute Gasteiger partial charge is 0.387 e. The summed E-state index contributed by atoms with van der Waals surface area (Å²) >= 11 is 6.26. The number of nitrogens with zero attached hydrogens (tertiary/aromatic N) is 2. The monoisotopic (exact) mass is 696 g/mol. The number of carbonyl (C=O) groups excluding carboxylic acids is 5. The van der Waals surface area contributed by atoms with Gasteiger partial charge in [-0.05, 0) is 61.0 Å². The van der Waals surface area contributed by atoms with Crippen LogP contribution in [0, 0.1) is 16.7 Å². The second-order valence-electron chi connectivity index (χ2n) is 16.4. The van der Waals surface area contributed by atoms with Gasteiger partial charge >= 0.3 is 0 Å². The van der Waals surface area contributed by atoms with Crippen LogP contribution in [0.2, 0.25) is 5.02 Å². The smallest absolute Gasteiger partial charge is 0.246 e. The first-order chi connectivity index (χ1) is 23.1. The number of halogens is 1. The molecule has 11 heteroatoms. The molecule has 10 nitrogen and oxygen atoms in total. The molecule has 1 spiro atoms. The molecular formula is C38H53ClN4O6. The van der Waals surface area contributed by atoms with Gasteiger partial charge in [-0.25, -0.2) is 0 Å². The van der Waals surface area contributed by atoms with Gasteiger partial charge in [-0.2, -0.15) is 0 Å². The van der Waals surface area contributed by atoms with E-state index in [1.165, 1.54) is 11.3 Å². The molecule has 5 rings (SSSR count). The lowest BCUT2D eigenvalue weighted by atomic mass is 9.73. The molecule has 0 radical (unpaired) electrons. The van der Waals surface area contributed by atoms with Crippen LogP contribution in [0.3, 0.4) is 0 Å². The lowest BCUT2D eigenvalue weighted by Gasteiger charge is -2.37. The number of ketones is 2. The number of nitrogens with one attached hydrogen (secondary N) is 2. The zero-order chi connectivity index (χ0) is 35.6. The summed E-state index contributed by atoms with van der Waals surface area (Å²) in [5, 5.41) is 10.8. The number of carbonyl (C=O) groups is 5. The Balaban J connectivity index is 1.39. The minimum atomic E-state index is -1.01. The Bertz CT molecular complexity index is 1480. The van der Waals surface area contributed by atoms with Gasteiger partial charge in [0.25, 0.3) is 0 Å². The molecule has 2 saturated carbocycles. The van der Waals surface area contributed by atoms with Gasteiger partial charge in [-0.3, -0.25) is 24.0 Å². The summed E-state index contributed by atoms with van der Waals surface area (Å²) in [6.45, 7) is 9.78. The molecule has 4 aliphatic rings. The van der Waals surface area contributed by atoms with Gasteiger partial charge in [0.2, 0.25) is 29.3 Å². The maximum Gasteiger partial charge on any atom is 0.246 e. The third-order valence-electron chi connectivity index (χ3n) is 10.7. The van der Waals surface area contributed by atoms with E-state index < -0.39 is 52.5 Å². The molecule has 0 bridgehead atoms. The highest BCUT2D eigenvalue weighted by Gasteiger charge is 2.55. The third kappa shape index (κ3) is 9.10. The molecule has 2 N–H and O–H groups in total. The SMILES string of the molecule is CCC[C@H](NC(=O)[C@@H]1C[C@]2(CC(c3cccc(Cl)c3)=NO2)CN1C(=O)[C@@H](NC(=O)CC1(C)CCCCC1)C(C)(C)C)C(=O)C(=O)CC1CC1. The molecule has 1 aromatic rings. The highest BCUT2D eigenvalue weighted by molar-refractivity contribution is 6.39. The minimum Gasteiger partial charge on any atom is -0.387 e. The van der Waals surface area contributed by atoms with Crippen LogP contribution in [-0.2, 0) is 28.8 Å². The van der Waals surface area contributed by atoms with Crippen LogP contribution >= 0.6 is 11.6 Å². The standard InChI is InChI=1S/C38H53ClN4O6/c1-6-11-27(32(46)30(44)18-24-14-15-24)40-34(47)29-21-38(20-28(42-49-38)25-12-10-13-26(39)19-25)23-43(29)35(48)33(36(2,3)4)41-31(45)22-37(5)16-8-7-9-17-37/h10,12-13,19,24,27,29,33H,6-9,11,14-18,20-23H2,1-5H3,(H,40,47)(H,41,45)/t27-,29-,33+,38+/m0/s1. The topological polar surface area (TPSA) is 134 Å². The Morgan fingerprint density at radius 3 is 2.43 bits per heavy atom. The van der Waals surface area contributed by atoms with Gasteiger partial charge in [0.1, 0.15) is 12.1 Å². The molecule has 2 aliphatic heterocycles. The van der Waals surface area contributed by atoms with E-state index >= 15 is 0 Å². The van der Waals surface area contributed by atoms with E-state index in [4.69, 9.17) is 16.4 Å². The molecule has 4 atom stereocenters. The lowest BCUT2D eigenvalue weighted by Crippen LogP contribution is -2.59. The molecule has 2 heterocycles. The predicted molar refractivity (Wildman–Crippen MR) is 188 cm³/mol. The Labute approximate surface area is 295 Å². The fourth-order valence-electron chi connectivity index (χ4n) is 7.65. The van der Waals surface area contributed by atoms with E-state index in [-0.39, 0.29) is 36.6 Å². The summed E-state index contributed by atoms with van der Waals surface area (Å²) in [6.07, 6.45) is 9.06. The molecule has 49 heavy (non-hydrogen) atoms. The summed E-state index contributed by atoms with van der Waals surface area (Å²) in [7, 11) is 0. The van der Waals surface area contributed by atoms with Crippen LogP contribution in [0.4, 0.5) is 0 Å². The first-order valence-electron chi connectivity index (χ1n) is 18.1. The molecule has 0 unspecified atom stereocenters. The second-order valence-corrected chi connectivity index (χ2v) is 16.8. The van der Waals surface area contributed by atoms with Gasteiger partial charge in [0, 0.05) is 36.3 Å². The zero-order valence-electron chi connectivity index (χ0n) is 29.7. The van der Waals surface area contributed by atoms with Crippen molar-refractivity contribution in [1.82, 2.24) is 15.5 Å². The van der Waals surface area contributed by atoms with E-state index in [2.05, 4.69) is 22.7 Å². The van der Waals surface area contributed by atoms with Gasteiger partial charge in [0.15, 0.2) is 5.60 Å². The summed E-state index contributed by atoms with van der Waals surface area (Å²) in [5.74, 6) is -1.90. The van der Waals surface area contributed by atoms with Crippen LogP contribution in [-0.4, -0.2) is 70.2 Å². The number of hydrogen-bond acceptors (Lipinski definition) is 7. The number of Topliss-reactive ketones (excluding diaryl/α,β-unsaturated/α-hetero) is 2. The van der Waals surface area contributed by atoms with Crippen molar-refractivity contribution in [2.45, 2.75) is 142 Å². The van der Waals surface area contributed by atoms with E-state index in [9.17, 15) is 24.0 Å². The van der Waals surface area contributed by atoms with Gasteiger partial charge in [-0.15, -0.1) is 0 Å². The summed E-state index contributed by atoms with van der Waals surface area (Å²) in [5.41, 5.74) is -0.344. The van der Waals surface area contributed by atoms with Gasteiger partial charge < -0.3 is 20.4 Å². The third-order valence-corrected chi connectivity index (χ3v) is 10.9. The van der Waals surface area contributed by atoms with Crippen molar-refractivity contribution in [1.29, 1.82) is 0 Å². The van der Waals surface area contributed by atoms with E-state index in [1.54, 1.807) is 12.1 Å². The highest BCUT2D eigenvalue weighted by Crippen LogP contribution is 2.41. The fourth-order valence-corrected chi connectivity index (χ4v) is 7.84. The van der Waals surface area contributed by atoms with Crippen molar-refractivity contribution in [2.75, 3.05) is 6.54 Å². The molecule has 1 saturated heterocycles. The number of benzene rings is 1. The Morgan fingerprint density at radius 1 is 1.08 bits per heavy atom. The molecule has 3 fully saturated rings. The minimum absolute atomic E-state index is 0.0602. The number of oxime groups is 1. The van der Waals surface area contributed by atoms with Crippen molar-refractivity contribution in [3.05, 3.63) is 34.9 Å². The number of amides is 3. The maximum absolute atomic E-state index is 14.6. The molecule has 1 aromatic carbocycles. The van der Waals surface area contributed by atoms with Crippen LogP contribution in [0.15, 0.2) is 29.4 Å². The number of rotatable bonds is 13. The maximum atomic E-state index is 14.6. The molecular weight excluding hydrogens is 644 g/mol. The van der Waals surface area contributed by atoms with Crippen LogP contribution in [0.5, 0.6) is 0 Å². The Hall–Kier alpha value is -3.27. The van der Waals surface area contributed by atoms with Crippen molar-refractivity contribution in [2.24, 2.45) is 21.9 Å². The van der Waals surface area contributed by atoms with Crippen LogP contribution in [0.1, 0.15) is 124 Å². The summed E-state index contributed by atoms with van der Waals surface area (Å²) in [4.78, 5) is 76.0. The Kier molecular flexibility index (Phi) is 11.3. The first kappa shape index (κ1) is 37.0. The van der Waals surface area contributed by atoms with Crippen molar-refractivity contribution in [3.63, 3.8) is 0 Å². The predicted octanol–water partition coefficient (Wildman–Crippen LogP) is 5.92. The average molecular weight is 697 g/mol. The summed E-state index contributed by atoms with van der Waals surface area (Å²) in [6, 6.07) is 4.37. The fraction of sp³-hybridized carbons (Fsp3) is 0.684. The average Bonchev–Trinajstić information content (AvgIpc) is 3.63. The van der Waals surface area contributed by atoms with Crippen LogP contribution in [0.25, 0.3) is 0 Å². The van der Waals surface area contributed by atoms with Crippen molar-refractivity contribution < 1.29 is 28.8 Å². The molecule has 2 aliphatic carbocycles. The van der Waals surface area contributed by atoms with E-state index in [0.29, 0.717) is 36.4 Å². The van der Waals surface area contributed by atoms with Crippen LogP contribution < -0.4 is 10.6 Å². The highest BCUT2D eigenvalue weighted by atomic mass is 35.5. The molecule has 3 amide bonds. The Morgan fingerprint density at radius 2 is 1.80 bits per heavy atom. The summed E-state index contributed by atoms with van der Waals surface area (Å²) < 4.78 is 0. The van der Waals surface area contributed by atoms with Crippen molar-refractivity contribution >= 4 is 46.6 Å². The second kappa shape index (κ2) is 14.9. The van der Waals surface area contributed by atoms with Crippen molar-refractivity contribution in [3.8, 4) is 0 Å². The number of likely N-dealkylation sites (tertiary alicyclic amines) is 1. The van der Waals surface area contributed by atoms with E-state index in [0.717, 1.165) is 44.1 Å².